The van der Waals surface area contributed by atoms with Gasteiger partial charge in [0.05, 0.1) is 22.1 Å². The Labute approximate surface area is 444 Å². The molecular formula is C72H50N2Si2. The topological polar surface area (TPSA) is 9.86 Å². The number of para-hydroxylation sites is 3. The van der Waals surface area contributed by atoms with Crippen molar-refractivity contribution in [1.29, 1.82) is 0 Å². The monoisotopic (exact) mass is 998 g/mol. The predicted molar refractivity (Wildman–Crippen MR) is 327 cm³/mol. The Morgan fingerprint density at radius 1 is 0.263 bits per heavy atom. The third-order valence-corrected chi connectivity index (χ3v) is 26.2. The van der Waals surface area contributed by atoms with Gasteiger partial charge >= 0.3 is 0 Å². The van der Waals surface area contributed by atoms with Gasteiger partial charge in [-0.3, -0.25) is 0 Å². The van der Waals surface area contributed by atoms with Crippen LogP contribution in [-0.2, 0) is 0 Å². The first-order valence-corrected chi connectivity index (χ1v) is 30.4. The lowest BCUT2D eigenvalue weighted by Gasteiger charge is -2.34. The van der Waals surface area contributed by atoms with E-state index in [1.165, 1.54) is 107 Å². The van der Waals surface area contributed by atoms with Gasteiger partial charge in [-0.05, 0) is 101 Å². The van der Waals surface area contributed by atoms with E-state index in [-0.39, 0.29) is 0 Å². The first-order chi connectivity index (χ1) is 37.7. The number of hydrogen-bond acceptors (Lipinski definition) is 0. The van der Waals surface area contributed by atoms with Crippen LogP contribution in [0, 0.1) is 0 Å². The number of aromatic nitrogens is 2. The lowest BCUT2D eigenvalue weighted by atomic mass is 9.98. The van der Waals surface area contributed by atoms with Gasteiger partial charge in [0, 0.05) is 38.5 Å². The average molecular weight is 999 g/mol. The van der Waals surface area contributed by atoms with Gasteiger partial charge in [-0.2, -0.15) is 0 Å². The Kier molecular flexibility index (Phi) is 10.3. The highest BCUT2D eigenvalue weighted by Crippen LogP contribution is 2.41. The Hall–Kier alpha value is -9.33. The van der Waals surface area contributed by atoms with E-state index in [1.54, 1.807) is 0 Å². The summed E-state index contributed by atoms with van der Waals surface area (Å²) in [7, 11) is -5.51. The molecule has 2 aromatic heterocycles. The maximum absolute atomic E-state index is 2.79. The van der Waals surface area contributed by atoms with Crippen molar-refractivity contribution in [2.75, 3.05) is 0 Å². The molecule has 0 aliphatic carbocycles. The summed E-state index contributed by atoms with van der Waals surface area (Å²) in [6, 6.07) is 114. The van der Waals surface area contributed by atoms with Gasteiger partial charge in [0.15, 0.2) is 16.1 Å². The first kappa shape index (κ1) is 44.2. The molecule has 0 saturated heterocycles. The van der Waals surface area contributed by atoms with E-state index in [1.807, 2.05) is 0 Å². The summed E-state index contributed by atoms with van der Waals surface area (Å²) >= 11 is 0. The maximum Gasteiger partial charge on any atom is 0.180 e. The van der Waals surface area contributed by atoms with Crippen LogP contribution in [0.5, 0.6) is 0 Å². The molecule has 15 rings (SSSR count). The van der Waals surface area contributed by atoms with Crippen molar-refractivity contribution in [2.24, 2.45) is 0 Å². The van der Waals surface area contributed by atoms with Crippen molar-refractivity contribution in [2.45, 2.75) is 0 Å². The molecular weight excluding hydrogens is 949 g/mol. The van der Waals surface area contributed by atoms with Crippen LogP contribution >= 0.6 is 0 Å². The molecule has 356 valence electrons. The maximum atomic E-state index is 2.56. The molecule has 0 spiro atoms. The molecule has 0 saturated carbocycles. The van der Waals surface area contributed by atoms with E-state index in [9.17, 15) is 0 Å². The van der Waals surface area contributed by atoms with Crippen molar-refractivity contribution in [1.82, 2.24) is 9.13 Å². The van der Waals surface area contributed by atoms with Crippen LogP contribution in [0.15, 0.2) is 303 Å². The Morgan fingerprint density at radius 2 is 0.724 bits per heavy atom. The van der Waals surface area contributed by atoms with Gasteiger partial charge in [0.25, 0.3) is 0 Å². The summed E-state index contributed by atoms with van der Waals surface area (Å²) in [5.74, 6) is 0. The molecule has 0 bridgehead atoms. The standard InChI is InChI=1S/C72H50N2Si2/c1-6-25-54(26-7-1)75(55-27-8-2-9-28-55,56-29-10-3-11-30-56)59-35-22-24-52(49-59)73-67-41-19-17-37-62(67)66-50-53(45-47-69(66)73)74-68-42-20-16-36-61(68)65-40-23-39-60(72(65)74)51-44-46-64-63-38-18-21-43-70(63)76(71(64)48-51,57-31-12-4-13-32-57)58-33-14-5-15-34-58/h1-50H. The minimum absolute atomic E-state index is 1.14. The lowest BCUT2D eigenvalue weighted by molar-refractivity contribution is 1.17. The van der Waals surface area contributed by atoms with Gasteiger partial charge in [-0.1, -0.05) is 261 Å². The van der Waals surface area contributed by atoms with Crippen molar-refractivity contribution >= 4 is 101 Å². The van der Waals surface area contributed by atoms with Gasteiger partial charge in [-0.25, -0.2) is 0 Å². The molecule has 2 nitrogen and oxygen atoms in total. The largest absolute Gasteiger partial charge is 0.309 e. The van der Waals surface area contributed by atoms with Crippen molar-refractivity contribution in [3.05, 3.63) is 303 Å². The Bertz CT molecular complexity index is 4370. The molecule has 0 radical (unpaired) electrons. The summed E-state index contributed by atoms with van der Waals surface area (Å²) in [5.41, 5.74) is 12.2. The second-order valence-electron chi connectivity index (χ2n) is 20.3. The second-order valence-corrected chi connectivity index (χ2v) is 27.8. The number of nitrogens with zero attached hydrogens (tertiary/aromatic N) is 2. The highest BCUT2D eigenvalue weighted by molar-refractivity contribution is 7.22. The van der Waals surface area contributed by atoms with Gasteiger partial charge < -0.3 is 9.13 Å². The van der Waals surface area contributed by atoms with Gasteiger partial charge in [-0.15, -0.1) is 0 Å². The zero-order valence-electron chi connectivity index (χ0n) is 41.8. The molecule has 14 aromatic rings. The number of rotatable bonds is 9. The van der Waals surface area contributed by atoms with E-state index in [2.05, 4.69) is 312 Å². The zero-order chi connectivity index (χ0) is 50.2. The lowest BCUT2D eigenvalue weighted by Crippen LogP contribution is -2.74. The number of hydrogen-bond donors (Lipinski definition) is 0. The molecule has 1 aliphatic rings. The first-order valence-electron chi connectivity index (χ1n) is 26.4. The fourth-order valence-corrected chi connectivity index (χ4v) is 23.5. The fraction of sp³-hybridized carbons (Fsp3) is 0. The molecule has 0 atom stereocenters. The van der Waals surface area contributed by atoms with Crippen LogP contribution in [0.25, 0.3) is 77.2 Å². The van der Waals surface area contributed by atoms with Crippen LogP contribution in [0.3, 0.4) is 0 Å². The highest BCUT2D eigenvalue weighted by atomic mass is 28.3. The molecule has 0 N–H and O–H groups in total. The minimum Gasteiger partial charge on any atom is -0.309 e. The average Bonchev–Trinajstić information content (AvgIpc) is 4.26. The van der Waals surface area contributed by atoms with Crippen molar-refractivity contribution < 1.29 is 0 Å². The normalized spacial score (nSPS) is 12.8. The van der Waals surface area contributed by atoms with Crippen LogP contribution in [-0.4, -0.2) is 25.3 Å². The van der Waals surface area contributed by atoms with E-state index in [0.29, 0.717) is 0 Å². The van der Waals surface area contributed by atoms with Crippen LogP contribution in [0.2, 0.25) is 0 Å². The highest BCUT2D eigenvalue weighted by Gasteiger charge is 2.49. The van der Waals surface area contributed by atoms with Gasteiger partial charge in [0.2, 0.25) is 0 Å². The van der Waals surface area contributed by atoms with Crippen molar-refractivity contribution in [3.63, 3.8) is 0 Å². The third-order valence-electron chi connectivity index (χ3n) is 16.5. The Morgan fingerprint density at radius 3 is 1.37 bits per heavy atom. The number of fused-ring (bicyclic) bond motifs is 9. The van der Waals surface area contributed by atoms with Gasteiger partial charge in [0.1, 0.15) is 0 Å². The molecule has 0 unspecified atom stereocenters. The molecule has 12 aromatic carbocycles. The summed E-state index contributed by atoms with van der Waals surface area (Å²) in [5, 5.41) is 16.1. The number of benzene rings is 12. The second kappa shape index (κ2) is 17.7. The van der Waals surface area contributed by atoms with Crippen LogP contribution < -0.4 is 41.5 Å². The molecule has 0 amide bonds. The fourth-order valence-electron chi connectivity index (χ4n) is 13.5. The van der Waals surface area contributed by atoms with E-state index < -0.39 is 16.1 Å². The quantitative estimate of drug-likeness (QED) is 0.101. The SMILES string of the molecule is c1ccc([Si](c2ccccc2)(c2ccccc2)c2cccc(-n3c4ccccc4c4cc(-n5c6ccccc6c6cccc(-c7ccc8c(c7)[Si](c7ccccc7)(c7ccccc7)c7ccccc7-8)c65)ccc43)c2)cc1. The summed E-state index contributed by atoms with van der Waals surface area (Å²) in [6.45, 7) is 0. The molecule has 0 fully saturated rings. The summed E-state index contributed by atoms with van der Waals surface area (Å²) < 4.78 is 5.03. The van der Waals surface area contributed by atoms with E-state index >= 15 is 0 Å². The minimum atomic E-state index is -2.79. The van der Waals surface area contributed by atoms with E-state index in [0.717, 1.165) is 11.4 Å². The molecule has 4 heteroatoms. The molecule has 1 aliphatic heterocycles. The van der Waals surface area contributed by atoms with Crippen molar-refractivity contribution in [3.8, 4) is 33.6 Å². The van der Waals surface area contributed by atoms with Crippen LogP contribution in [0.4, 0.5) is 0 Å². The smallest absolute Gasteiger partial charge is 0.180 e. The summed E-state index contributed by atoms with van der Waals surface area (Å²) in [6.07, 6.45) is 0. The zero-order valence-corrected chi connectivity index (χ0v) is 43.8. The molecule has 76 heavy (non-hydrogen) atoms. The summed E-state index contributed by atoms with van der Waals surface area (Å²) in [4.78, 5) is 0. The third kappa shape index (κ3) is 6.45. The Balaban J connectivity index is 0.943. The van der Waals surface area contributed by atoms with Crippen LogP contribution in [0.1, 0.15) is 0 Å². The van der Waals surface area contributed by atoms with E-state index in [4.69, 9.17) is 0 Å². The molecule has 3 heterocycles. The predicted octanol–water partition coefficient (Wildman–Crippen LogP) is 12.3.